The molecule has 1 aromatic rings. The maximum absolute atomic E-state index is 11.3. The molecule has 1 aromatic carbocycles. The van der Waals surface area contributed by atoms with Gasteiger partial charge in [0.2, 0.25) is 0 Å². The van der Waals surface area contributed by atoms with Gasteiger partial charge in [0, 0.05) is 12.1 Å². The molecule has 0 spiro atoms. The van der Waals surface area contributed by atoms with Gasteiger partial charge in [0.05, 0.1) is 6.61 Å². The Morgan fingerprint density at radius 2 is 2.22 bits per heavy atom. The summed E-state index contributed by atoms with van der Waals surface area (Å²) >= 11 is 5.20. The Balaban J connectivity index is 1.98. The van der Waals surface area contributed by atoms with Crippen molar-refractivity contribution in [2.24, 2.45) is 0 Å². The van der Waals surface area contributed by atoms with Crippen LogP contribution >= 0.6 is 12.2 Å². The van der Waals surface area contributed by atoms with Crippen molar-refractivity contribution in [3.63, 3.8) is 0 Å². The molecular formula is C13H16N2O2S. The van der Waals surface area contributed by atoms with Gasteiger partial charge in [-0.05, 0) is 43.3 Å². The van der Waals surface area contributed by atoms with Crippen molar-refractivity contribution in [2.45, 2.75) is 26.3 Å². The van der Waals surface area contributed by atoms with Crippen molar-refractivity contribution in [1.82, 2.24) is 5.32 Å². The van der Waals surface area contributed by atoms with Crippen LogP contribution in [0.4, 0.5) is 5.69 Å². The maximum atomic E-state index is 11.3. The second kappa shape index (κ2) is 5.35. The quantitative estimate of drug-likeness (QED) is 0.631. The van der Waals surface area contributed by atoms with E-state index in [-0.39, 0.29) is 12.0 Å². The van der Waals surface area contributed by atoms with Crippen LogP contribution in [0.1, 0.15) is 17.5 Å². The fraction of sp³-hybridized carbons (Fsp3) is 0.385. The molecule has 1 aliphatic heterocycles. The summed E-state index contributed by atoms with van der Waals surface area (Å²) in [4.78, 5) is 11.3. The zero-order valence-electron chi connectivity index (χ0n) is 10.4. The van der Waals surface area contributed by atoms with Gasteiger partial charge < -0.3 is 15.4 Å². The fourth-order valence-electron chi connectivity index (χ4n) is 1.81. The molecule has 1 saturated heterocycles. The number of thiocarbonyl (C=S) groups is 1. The number of nitrogens with one attached hydrogen (secondary N) is 2. The van der Waals surface area contributed by atoms with Crippen LogP contribution in [0.15, 0.2) is 18.2 Å². The molecule has 5 heteroatoms. The number of esters is 1. The molecule has 0 aliphatic carbocycles. The number of hydrogen-bond donors (Lipinski definition) is 2. The number of rotatable bonds is 2. The van der Waals surface area contributed by atoms with E-state index in [0.717, 1.165) is 16.8 Å². The molecule has 96 valence electrons. The molecule has 1 heterocycles. The lowest BCUT2D eigenvalue weighted by atomic mass is 10.1. The SMILES string of the molecule is Cc1ccc(C)c(NC(=S)N[C@H]2CCOC2=O)c1. The Kier molecular flexibility index (Phi) is 3.81. The van der Waals surface area contributed by atoms with Crippen LogP contribution in [0, 0.1) is 13.8 Å². The van der Waals surface area contributed by atoms with Crippen molar-refractivity contribution in [2.75, 3.05) is 11.9 Å². The van der Waals surface area contributed by atoms with Gasteiger partial charge in [0.25, 0.3) is 0 Å². The number of anilines is 1. The van der Waals surface area contributed by atoms with Crippen LogP contribution in [0.25, 0.3) is 0 Å². The van der Waals surface area contributed by atoms with Gasteiger partial charge in [0.1, 0.15) is 6.04 Å². The van der Waals surface area contributed by atoms with Gasteiger partial charge >= 0.3 is 5.97 Å². The lowest BCUT2D eigenvalue weighted by molar-refractivity contribution is -0.139. The van der Waals surface area contributed by atoms with E-state index in [0.29, 0.717) is 18.1 Å². The summed E-state index contributed by atoms with van der Waals surface area (Å²) in [5.41, 5.74) is 3.23. The van der Waals surface area contributed by atoms with E-state index in [1.165, 1.54) is 0 Å². The predicted octanol–water partition coefficient (Wildman–Crippen LogP) is 1.91. The summed E-state index contributed by atoms with van der Waals surface area (Å²) < 4.78 is 4.87. The second-order valence-electron chi connectivity index (χ2n) is 4.43. The minimum absolute atomic E-state index is 0.236. The highest BCUT2D eigenvalue weighted by Crippen LogP contribution is 2.16. The number of ether oxygens (including phenoxy) is 1. The largest absolute Gasteiger partial charge is 0.464 e. The molecule has 2 N–H and O–H groups in total. The molecule has 1 aliphatic rings. The summed E-state index contributed by atoms with van der Waals surface area (Å²) in [6, 6.07) is 5.78. The first kappa shape index (κ1) is 12.8. The molecule has 0 aromatic heterocycles. The highest BCUT2D eigenvalue weighted by atomic mass is 32.1. The van der Waals surface area contributed by atoms with Gasteiger partial charge in [-0.15, -0.1) is 0 Å². The van der Waals surface area contributed by atoms with E-state index < -0.39 is 0 Å². The predicted molar refractivity (Wildman–Crippen MR) is 74.6 cm³/mol. The van der Waals surface area contributed by atoms with E-state index in [9.17, 15) is 4.79 Å². The summed E-state index contributed by atoms with van der Waals surface area (Å²) in [6.45, 7) is 4.49. The van der Waals surface area contributed by atoms with Crippen LogP contribution in [0.3, 0.4) is 0 Å². The Morgan fingerprint density at radius 1 is 1.44 bits per heavy atom. The molecule has 0 amide bonds. The first-order valence-electron chi connectivity index (χ1n) is 5.87. The third kappa shape index (κ3) is 2.98. The summed E-state index contributed by atoms with van der Waals surface area (Å²) in [7, 11) is 0. The Labute approximate surface area is 112 Å². The van der Waals surface area contributed by atoms with Crippen molar-refractivity contribution >= 4 is 29.0 Å². The van der Waals surface area contributed by atoms with Crippen molar-refractivity contribution in [1.29, 1.82) is 0 Å². The fourth-order valence-corrected chi connectivity index (χ4v) is 2.07. The molecule has 0 bridgehead atoms. The normalized spacial score (nSPS) is 18.3. The van der Waals surface area contributed by atoms with Crippen molar-refractivity contribution in [3.05, 3.63) is 29.3 Å². The second-order valence-corrected chi connectivity index (χ2v) is 4.83. The number of carbonyl (C=O) groups is 1. The zero-order chi connectivity index (χ0) is 13.1. The molecule has 2 rings (SSSR count). The van der Waals surface area contributed by atoms with Crippen LogP contribution in [0.2, 0.25) is 0 Å². The van der Waals surface area contributed by atoms with Gasteiger partial charge in [-0.25, -0.2) is 4.79 Å². The monoisotopic (exact) mass is 264 g/mol. The lowest BCUT2D eigenvalue weighted by Gasteiger charge is -2.15. The van der Waals surface area contributed by atoms with Gasteiger partial charge in [-0.1, -0.05) is 12.1 Å². The summed E-state index contributed by atoms with van der Waals surface area (Å²) in [5, 5.41) is 6.53. The number of benzene rings is 1. The average Bonchev–Trinajstić information content (AvgIpc) is 2.70. The van der Waals surface area contributed by atoms with Gasteiger partial charge in [0.15, 0.2) is 5.11 Å². The standard InChI is InChI=1S/C13H16N2O2S/c1-8-3-4-9(2)11(7-8)15-13(18)14-10-5-6-17-12(10)16/h3-4,7,10H,5-6H2,1-2H3,(H2,14,15,18)/t10-/m0/s1. The number of aryl methyl sites for hydroxylation is 2. The smallest absolute Gasteiger partial charge is 0.328 e. The molecule has 0 saturated carbocycles. The van der Waals surface area contributed by atoms with Crippen LogP contribution < -0.4 is 10.6 Å². The molecule has 1 fully saturated rings. The summed E-state index contributed by atoms with van der Waals surface area (Å²) in [6.07, 6.45) is 0.660. The highest BCUT2D eigenvalue weighted by molar-refractivity contribution is 7.80. The Hall–Kier alpha value is -1.62. The van der Waals surface area contributed by atoms with Crippen LogP contribution in [-0.4, -0.2) is 23.7 Å². The molecule has 4 nitrogen and oxygen atoms in total. The van der Waals surface area contributed by atoms with Crippen LogP contribution in [0.5, 0.6) is 0 Å². The first-order chi connectivity index (χ1) is 8.56. The topological polar surface area (TPSA) is 50.4 Å². The van der Waals surface area contributed by atoms with E-state index >= 15 is 0 Å². The van der Waals surface area contributed by atoms with Gasteiger partial charge in [-0.3, -0.25) is 0 Å². The zero-order valence-corrected chi connectivity index (χ0v) is 11.3. The molecule has 18 heavy (non-hydrogen) atoms. The maximum Gasteiger partial charge on any atom is 0.328 e. The van der Waals surface area contributed by atoms with Crippen molar-refractivity contribution < 1.29 is 9.53 Å². The first-order valence-corrected chi connectivity index (χ1v) is 6.28. The van der Waals surface area contributed by atoms with E-state index in [1.807, 2.05) is 32.0 Å². The minimum Gasteiger partial charge on any atom is -0.464 e. The summed E-state index contributed by atoms with van der Waals surface area (Å²) in [5.74, 6) is -0.236. The highest BCUT2D eigenvalue weighted by Gasteiger charge is 2.26. The minimum atomic E-state index is -0.324. The molecular weight excluding hydrogens is 248 g/mol. The van der Waals surface area contributed by atoms with E-state index in [2.05, 4.69) is 10.6 Å². The third-order valence-electron chi connectivity index (χ3n) is 2.88. The van der Waals surface area contributed by atoms with Crippen LogP contribution in [-0.2, 0) is 9.53 Å². The average molecular weight is 264 g/mol. The molecule has 0 unspecified atom stereocenters. The van der Waals surface area contributed by atoms with E-state index in [1.54, 1.807) is 0 Å². The number of hydrogen-bond acceptors (Lipinski definition) is 3. The van der Waals surface area contributed by atoms with E-state index in [4.69, 9.17) is 17.0 Å². The number of carbonyl (C=O) groups excluding carboxylic acids is 1. The lowest BCUT2D eigenvalue weighted by Crippen LogP contribution is -2.40. The molecule has 0 radical (unpaired) electrons. The third-order valence-corrected chi connectivity index (χ3v) is 3.10. The number of cyclic esters (lactones) is 1. The Morgan fingerprint density at radius 3 is 2.89 bits per heavy atom. The molecule has 1 atom stereocenters. The van der Waals surface area contributed by atoms with Crippen molar-refractivity contribution in [3.8, 4) is 0 Å². The Bertz CT molecular complexity index is 488. The van der Waals surface area contributed by atoms with Gasteiger partial charge in [-0.2, -0.15) is 0 Å².